The van der Waals surface area contributed by atoms with Crippen molar-refractivity contribution in [2.45, 2.75) is 45.6 Å². The molecule has 1 nitrogen and oxygen atoms in total. The molecule has 0 aromatic heterocycles. The topological polar surface area (TPSA) is 9.23 Å². The zero-order valence-electron chi connectivity index (χ0n) is 14.1. The van der Waals surface area contributed by atoms with Gasteiger partial charge in [-0.15, -0.1) is 0 Å². The molecule has 0 N–H and O–H groups in total. The van der Waals surface area contributed by atoms with Gasteiger partial charge in [0.25, 0.3) is 0 Å². The molecular weight excluding hydrogens is 268 g/mol. The minimum atomic E-state index is -0.163. The van der Waals surface area contributed by atoms with Crippen molar-refractivity contribution in [1.82, 2.24) is 0 Å². The van der Waals surface area contributed by atoms with Crippen LogP contribution in [0.2, 0.25) is 0 Å². The maximum atomic E-state index is 5.87. The number of rotatable bonds is 5. The maximum absolute atomic E-state index is 5.87. The first kappa shape index (κ1) is 16.4. The van der Waals surface area contributed by atoms with E-state index >= 15 is 0 Å². The Hall–Kier alpha value is -2.02. The first-order valence-electron chi connectivity index (χ1n) is 7.86. The molecule has 0 amide bonds. The van der Waals surface area contributed by atoms with E-state index < -0.39 is 0 Å². The molecule has 116 valence electrons. The van der Waals surface area contributed by atoms with Crippen LogP contribution in [0.5, 0.6) is 5.75 Å². The third-order valence-corrected chi connectivity index (χ3v) is 3.69. The molecule has 0 saturated carbocycles. The van der Waals surface area contributed by atoms with Gasteiger partial charge < -0.3 is 4.74 Å². The van der Waals surface area contributed by atoms with Gasteiger partial charge in [-0.1, -0.05) is 61.5 Å². The highest BCUT2D eigenvalue weighted by atomic mass is 16.5. The number of allylic oxidation sites excluding steroid dienone is 1. The summed E-state index contributed by atoms with van der Waals surface area (Å²) in [5, 5.41) is 0. The third-order valence-electron chi connectivity index (χ3n) is 3.69. The van der Waals surface area contributed by atoms with Gasteiger partial charge in [-0.2, -0.15) is 0 Å². The van der Waals surface area contributed by atoms with Gasteiger partial charge in [0.05, 0.1) is 0 Å². The third kappa shape index (κ3) is 4.77. The maximum Gasteiger partial charge on any atom is 0.120 e. The van der Waals surface area contributed by atoms with Crippen LogP contribution in [0.25, 0.3) is 0 Å². The number of hydrogen-bond donors (Lipinski definition) is 0. The molecule has 0 aliphatic rings. The van der Waals surface area contributed by atoms with Crippen LogP contribution in [0.15, 0.2) is 66.7 Å². The largest absolute Gasteiger partial charge is 0.488 e. The van der Waals surface area contributed by atoms with Crippen molar-refractivity contribution in [3.63, 3.8) is 0 Å². The van der Waals surface area contributed by atoms with Gasteiger partial charge >= 0.3 is 0 Å². The average molecular weight is 294 g/mol. The molecule has 0 saturated heterocycles. The summed E-state index contributed by atoms with van der Waals surface area (Å²) in [5.74, 6) is 1.25. The molecule has 2 aromatic carbocycles. The lowest BCUT2D eigenvalue weighted by atomic mass is 9.90. The molecular formula is C21H26O. The van der Waals surface area contributed by atoms with Crippen LogP contribution in [-0.2, 0) is 6.42 Å². The molecule has 1 atom stereocenters. The quantitative estimate of drug-likeness (QED) is 0.636. The minimum absolute atomic E-state index is 0.163. The standard InChI is InChI=1S/C21H26O/c1-16(15-18-9-7-6-8-10-18)17(2)19-11-13-20(14-12-19)22-21(3,4)5/h6-14,17H,1,15H2,2-5H3/t17-/m0/s1. The molecule has 1 heteroatoms. The Bertz CT molecular complexity index is 603. The first-order chi connectivity index (χ1) is 10.3. The molecule has 0 unspecified atom stereocenters. The van der Waals surface area contributed by atoms with Crippen LogP contribution < -0.4 is 4.74 Å². The van der Waals surface area contributed by atoms with Crippen molar-refractivity contribution in [2.75, 3.05) is 0 Å². The summed E-state index contributed by atoms with van der Waals surface area (Å²) >= 11 is 0. The lowest BCUT2D eigenvalue weighted by Gasteiger charge is -2.22. The number of hydrogen-bond acceptors (Lipinski definition) is 1. The predicted octanol–water partition coefficient (Wildman–Crippen LogP) is 5.77. The lowest BCUT2D eigenvalue weighted by molar-refractivity contribution is 0.131. The zero-order valence-corrected chi connectivity index (χ0v) is 14.1. The zero-order chi connectivity index (χ0) is 16.2. The van der Waals surface area contributed by atoms with Crippen molar-refractivity contribution >= 4 is 0 Å². The second-order valence-electron chi connectivity index (χ2n) is 6.83. The van der Waals surface area contributed by atoms with E-state index in [1.165, 1.54) is 16.7 Å². The molecule has 0 fully saturated rings. The summed E-state index contributed by atoms with van der Waals surface area (Å²) in [5.41, 5.74) is 3.66. The van der Waals surface area contributed by atoms with Crippen LogP contribution in [0.4, 0.5) is 0 Å². The van der Waals surface area contributed by atoms with Crippen molar-refractivity contribution in [2.24, 2.45) is 0 Å². The van der Waals surface area contributed by atoms with E-state index in [4.69, 9.17) is 4.74 Å². The smallest absolute Gasteiger partial charge is 0.120 e. The summed E-state index contributed by atoms with van der Waals surface area (Å²) in [6.07, 6.45) is 0.919. The fraction of sp³-hybridized carbons (Fsp3) is 0.333. The monoisotopic (exact) mass is 294 g/mol. The normalized spacial score (nSPS) is 12.7. The predicted molar refractivity (Wildman–Crippen MR) is 94.5 cm³/mol. The Morgan fingerprint density at radius 2 is 1.59 bits per heavy atom. The highest BCUT2D eigenvalue weighted by Crippen LogP contribution is 2.27. The summed E-state index contributed by atoms with van der Waals surface area (Å²) in [7, 11) is 0. The van der Waals surface area contributed by atoms with Crippen LogP contribution in [-0.4, -0.2) is 5.60 Å². The summed E-state index contributed by atoms with van der Waals surface area (Å²) in [6.45, 7) is 12.7. The Morgan fingerprint density at radius 1 is 1.00 bits per heavy atom. The van der Waals surface area contributed by atoms with Gasteiger partial charge in [-0.3, -0.25) is 0 Å². The van der Waals surface area contributed by atoms with Crippen LogP contribution in [0.1, 0.15) is 44.7 Å². The SMILES string of the molecule is C=C(Cc1ccccc1)[C@H](C)c1ccc(OC(C)(C)C)cc1. The lowest BCUT2D eigenvalue weighted by Crippen LogP contribution is -2.22. The van der Waals surface area contributed by atoms with Crippen molar-refractivity contribution in [3.05, 3.63) is 77.9 Å². The molecule has 2 rings (SSSR count). The molecule has 0 aliphatic heterocycles. The van der Waals surface area contributed by atoms with Gasteiger partial charge in [0, 0.05) is 5.92 Å². The molecule has 0 bridgehead atoms. The number of benzene rings is 2. The van der Waals surface area contributed by atoms with Crippen LogP contribution in [0, 0.1) is 0 Å². The summed E-state index contributed by atoms with van der Waals surface area (Å²) in [4.78, 5) is 0. The molecule has 0 spiro atoms. The highest BCUT2D eigenvalue weighted by Gasteiger charge is 2.13. The minimum Gasteiger partial charge on any atom is -0.488 e. The van der Waals surface area contributed by atoms with Gasteiger partial charge in [-0.25, -0.2) is 0 Å². The van der Waals surface area contributed by atoms with Gasteiger partial charge in [0.1, 0.15) is 11.4 Å². The molecule has 0 heterocycles. The van der Waals surface area contributed by atoms with E-state index in [1.807, 2.05) is 18.2 Å². The van der Waals surface area contributed by atoms with Crippen molar-refractivity contribution < 1.29 is 4.74 Å². The van der Waals surface area contributed by atoms with E-state index in [-0.39, 0.29) is 5.60 Å². The van der Waals surface area contributed by atoms with Crippen molar-refractivity contribution in [3.8, 4) is 5.75 Å². The first-order valence-corrected chi connectivity index (χ1v) is 7.86. The van der Waals surface area contributed by atoms with E-state index in [2.05, 4.69) is 70.7 Å². The number of ether oxygens (including phenoxy) is 1. The second-order valence-corrected chi connectivity index (χ2v) is 6.83. The molecule has 0 radical (unpaired) electrons. The van der Waals surface area contributed by atoms with E-state index in [0.717, 1.165) is 12.2 Å². The van der Waals surface area contributed by atoms with E-state index in [9.17, 15) is 0 Å². The van der Waals surface area contributed by atoms with Gasteiger partial charge in [-0.05, 0) is 50.5 Å². The fourth-order valence-corrected chi connectivity index (χ4v) is 2.42. The average Bonchev–Trinajstić information content (AvgIpc) is 2.46. The molecule has 22 heavy (non-hydrogen) atoms. The van der Waals surface area contributed by atoms with Crippen LogP contribution in [0.3, 0.4) is 0 Å². The van der Waals surface area contributed by atoms with Gasteiger partial charge in [0.2, 0.25) is 0 Å². The second kappa shape index (κ2) is 6.83. The Kier molecular flexibility index (Phi) is 5.07. The highest BCUT2D eigenvalue weighted by molar-refractivity contribution is 5.35. The van der Waals surface area contributed by atoms with Crippen LogP contribution >= 0.6 is 0 Å². The Morgan fingerprint density at radius 3 is 2.14 bits per heavy atom. The fourth-order valence-electron chi connectivity index (χ4n) is 2.42. The van der Waals surface area contributed by atoms with E-state index in [0.29, 0.717) is 5.92 Å². The summed E-state index contributed by atoms with van der Waals surface area (Å²) < 4.78 is 5.87. The Labute approximate surface area is 134 Å². The molecule has 0 aliphatic carbocycles. The van der Waals surface area contributed by atoms with E-state index in [1.54, 1.807) is 0 Å². The molecule has 2 aromatic rings. The Balaban J connectivity index is 2.03. The summed E-state index contributed by atoms with van der Waals surface area (Å²) in [6, 6.07) is 18.9. The van der Waals surface area contributed by atoms with Gasteiger partial charge in [0.15, 0.2) is 0 Å². The van der Waals surface area contributed by atoms with Crippen molar-refractivity contribution in [1.29, 1.82) is 0 Å².